The number of benzene rings is 1. The predicted octanol–water partition coefficient (Wildman–Crippen LogP) is 4.31. The number of rotatable bonds is 7. The fraction of sp³-hybridized carbons (Fsp3) is 0.600. The quantitative estimate of drug-likeness (QED) is 0.793. The van der Waals surface area contributed by atoms with Crippen LogP contribution in [0.4, 0.5) is 5.69 Å². The summed E-state index contributed by atoms with van der Waals surface area (Å²) in [7, 11) is 4.18. The van der Waals surface area contributed by atoms with Gasteiger partial charge in [-0.1, -0.05) is 28.9 Å². The molecule has 2 unspecified atom stereocenters. The largest absolute Gasteiger partial charge is 0.371 e. The van der Waals surface area contributed by atoms with Crippen LogP contribution in [-0.2, 0) is 0 Å². The zero-order valence-electron chi connectivity index (χ0n) is 12.5. The maximum absolute atomic E-state index is 3.70. The topological polar surface area (TPSA) is 15.3 Å². The first-order valence-electron chi connectivity index (χ1n) is 6.73. The molecule has 4 heteroatoms. The van der Waals surface area contributed by atoms with Gasteiger partial charge in [-0.3, -0.25) is 0 Å². The number of halogens is 1. The molecule has 0 fully saturated rings. The van der Waals surface area contributed by atoms with Crippen molar-refractivity contribution in [1.29, 1.82) is 0 Å². The van der Waals surface area contributed by atoms with E-state index in [0.717, 1.165) is 0 Å². The van der Waals surface area contributed by atoms with Crippen molar-refractivity contribution in [3.8, 4) is 0 Å². The van der Waals surface area contributed by atoms with Crippen molar-refractivity contribution in [2.24, 2.45) is 0 Å². The molecule has 19 heavy (non-hydrogen) atoms. The number of nitrogens with one attached hydrogen (secondary N) is 1. The van der Waals surface area contributed by atoms with Crippen LogP contribution >= 0.6 is 27.7 Å². The molecule has 0 aliphatic rings. The van der Waals surface area contributed by atoms with E-state index < -0.39 is 0 Å². The molecule has 0 radical (unpaired) electrons. The zero-order valence-corrected chi connectivity index (χ0v) is 14.9. The summed E-state index contributed by atoms with van der Waals surface area (Å²) in [5.41, 5.74) is 2.58. The second-order valence-electron chi connectivity index (χ2n) is 4.84. The van der Waals surface area contributed by atoms with Gasteiger partial charge >= 0.3 is 0 Å². The second kappa shape index (κ2) is 8.18. The van der Waals surface area contributed by atoms with Crippen molar-refractivity contribution in [2.75, 3.05) is 31.0 Å². The summed E-state index contributed by atoms with van der Waals surface area (Å²) >= 11 is 5.60. The lowest BCUT2D eigenvalue weighted by molar-refractivity contribution is 0.647. The zero-order chi connectivity index (χ0) is 14.4. The first-order valence-corrected chi connectivity index (χ1v) is 8.92. The number of hydrogen-bond acceptors (Lipinski definition) is 3. The number of nitrogens with zero attached hydrogens (tertiary/aromatic N) is 1. The van der Waals surface area contributed by atoms with Gasteiger partial charge in [-0.25, -0.2) is 0 Å². The number of hydrogen-bond donors (Lipinski definition) is 1. The third-order valence-corrected chi connectivity index (χ3v) is 5.07. The maximum atomic E-state index is 3.70. The molecule has 1 rings (SSSR count). The Kier molecular flexibility index (Phi) is 7.26. The Morgan fingerprint density at radius 1 is 1.42 bits per heavy atom. The third kappa shape index (κ3) is 4.40. The molecule has 0 saturated carbocycles. The molecule has 2 atom stereocenters. The fourth-order valence-electron chi connectivity index (χ4n) is 2.15. The highest BCUT2D eigenvalue weighted by Gasteiger charge is 2.15. The SMILES string of the molecule is CCC(CSC)N(C)c1ccc(C(C)NC)c(Br)c1. The highest BCUT2D eigenvalue weighted by Crippen LogP contribution is 2.29. The van der Waals surface area contributed by atoms with Crippen molar-refractivity contribution >= 4 is 33.4 Å². The van der Waals surface area contributed by atoms with E-state index in [4.69, 9.17) is 0 Å². The van der Waals surface area contributed by atoms with Gasteiger partial charge in [0.05, 0.1) is 0 Å². The number of thioether (sulfide) groups is 1. The standard InChI is InChI=1S/C15H25BrN2S/c1-6-12(10-19-5)18(4)13-7-8-14(11(2)17-3)15(16)9-13/h7-9,11-12,17H,6,10H2,1-5H3. The Morgan fingerprint density at radius 3 is 2.58 bits per heavy atom. The summed E-state index contributed by atoms with van der Waals surface area (Å²) in [6, 6.07) is 7.61. The van der Waals surface area contributed by atoms with Gasteiger partial charge in [-0.05, 0) is 44.3 Å². The molecule has 0 amide bonds. The van der Waals surface area contributed by atoms with E-state index in [-0.39, 0.29) is 0 Å². The Balaban J connectivity index is 2.93. The second-order valence-corrected chi connectivity index (χ2v) is 6.61. The van der Waals surface area contributed by atoms with Crippen molar-refractivity contribution in [2.45, 2.75) is 32.4 Å². The molecule has 2 nitrogen and oxygen atoms in total. The number of anilines is 1. The van der Waals surface area contributed by atoms with Crippen molar-refractivity contribution in [1.82, 2.24) is 5.32 Å². The minimum atomic E-state index is 0.363. The van der Waals surface area contributed by atoms with Crippen LogP contribution in [0.5, 0.6) is 0 Å². The van der Waals surface area contributed by atoms with Crippen LogP contribution < -0.4 is 10.2 Å². The highest BCUT2D eigenvalue weighted by molar-refractivity contribution is 9.10. The van der Waals surface area contributed by atoms with E-state index in [1.807, 2.05) is 18.8 Å². The third-order valence-electron chi connectivity index (χ3n) is 3.67. The molecule has 1 N–H and O–H groups in total. The van der Waals surface area contributed by atoms with E-state index in [1.54, 1.807) is 0 Å². The molecule has 0 aliphatic heterocycles. The normalized spacial score (nSPS) is 14.2. The van der Waals surface area contributed by atoms with E-state index in [1.165, 1.54) is 27.9 Å². The molecular weight excluding hydrogens is 320 g/mol. The van der Waals surface area contributed by atoms with Gasteiger partial charge in [0, 0.05) is 35.0 Å². The summed E-state index contributed by atoms with van der Waals surface area (Å²) in [5, 5.41) is 3.28. The summed E-state index contributed by atoms with van der Waals surface area (Å²) in [6.45, 7) is 4.43. The highest BCUT2D eigenvalue weighted by atomic mass is 79.9. The van der Waals surface area contributed by atoms with E-state index in [9.17, 15) is 0 Å². The Labute approximate surface area is 130 Å². The van der Waals surface area contributed by atoms with E-state index >= 15 is 0 Å². The summed E-state index contributed by atoms with van der Waals surface area (Å²) in [5.74, 6) is 1.17. The van der Waals surface area contributed by atoms with E-state index in [0.29, 0.717) is 12.1 Å². The molecule has 0 spiro atoms. The Hall–Kier alpha value is -0.190. The molecule has 108 valence electrons. The lowest BCUT2D eigenvalue weighted by atomic mass is 10.1. The Morgan fingerprint density at radius 2 is 2.11 bits per heavy atom. The molecule has 1 aromatic carbocycles. The van der Waals surface area contributed by atoms with E-state index in [2.05, 4.69) is 71.5 Å². The van der Waals surface area contributed by atoms with Gasteiger partial charge < -0.3 is 10.2 Å². The predicted molar refractivity (Wildman–Crippen MR) is 92.5 cm³/mol. The molecule has 0 aliphatic carbocycles. The first-order chi connectivity index (χ1) is 9.04. The lowest BCUT2D eigenvalue weighted by Gasteiger charge is -2.29. The van der Waals surface area contributed by atoms with Crippen LogP contribution in [0.2, 0.25) is 0 Å². The molecule has 0 heterocycles. The van der Waals surface area contributed by atoms with Gasteiger partial charge in [0.15, 0.2) is 0 Å². The lowest BCUT2D eigenvalue weighted by Crippen LogP contribution is -2.33. The minimum absolute atomic E-state index is 0.363. The molecule has 1 aromatic rings. The Bertz CT molecular complexity index is 398. The van der Waals surface area contributed by atoms with Gasteiger partial charge in [0.2, 0.25) is 0 Å². The molecular formula is C15H25BrN2S. The summed E-state index contributed by atoms with van der Waals surface area (Å²) < 4.78 is 1.18. The average molecular weight is 345 g/mol. The fourth-order valence-corrected chi connectivity index (χ4v) is 3.70. The van der Waals surface area contributed by atoms with Crippen LogP contribution in [0, 0.1) is 0 Å². The summed E-state index contributed by atoms with van der Waals surface area (Å²) in [6.07, 6.45) is 3.34. The first kappa shape index (κ1) is 16.9. The van der Waals surface area contributed by atoms with Crippen LogP contribution in [-0.4, -0.2) is 32.1 Å². The van der Waals surface area contributed by atoms with Crippen LogP contribution in [0.15, 0.2) is 22.7 Å². The minimum Gasteiger partial charge on any atom is -0.371 e. The molecule has 0 saturated heterocycles. The van der Waals surface area contributed by atoms with Crippen molar-refractivity contribution in [3.63, 3.8) is 0 Å². The van der Waals surface area contributed by atoms with Gasteiger partial charge in [-0.2, -0.15) is 11.8 Å². The molecule has 0 aromatic heterocycles. The van der Waals surface area contributed by atoms with Gasteiger partial charge in [-0.15, -0.1) is 0 Å². The van der Waals surface area contributed by atoms with Crippen LogP contribution in [0.25, 0.3) is 0 Å². The van der Waals surface area contributed by atoms with Crippen molar-refractivity contribution in [3.05, 3.63) is 28.2 Å². The van der Waals surface area contributed by atoms with Crippen LogP contribution in [0.3, 0.4) is 0 Å². The molecule has 0 bridgehead atoms. The monoisotopic (exact) mass is 344 g/mol. The summed E-state index contributed by atoms with van der Waals surface area (Å²) in [4.78, 5) is 2.38. The van der Waals surface area contributed by atoms with Crippen molar-refractivity contribution < 1.29 is 0 Å². The van der Waals surface area contributed by atoms with Gasteiger partial charge in [0.1, 0.15) is 0 Å². The maximum Gasteiger partial charge on any atom is 0.0377 e. The van der Waals surface area contributed by atoms with Gasteiger partial charge in [0.25, 0.3) is 0 Å². The average Bonchev–Trinajstić information content (AvgIpc) is 2.43. The smallest absolute Gasteiger partial charge is 0.0377 e. The van der Waals surface area contributed by atoms with Crippen LogP contribution in [0.1, 0.15) is 31.9 Å².